The number of rotatable bonds is 3. The first-order valence-corrected chi connectivity index (χ1v) is 7.16. The van der Waals surface area contributed by atoms with Crippen LogP contribution in [0.4, 0.5) is 0 Å². The van der Waals surface area contributed by atoms with Gasteiger partial charge in [0, 0.05) is 30.0 Å². The van der Waals surface area contributed by atoms with Gasteiger partial charge >= 0.3 is 0 Å². The van der Waals surface area contributed by atoms with Crippen molar-refractivity contribution in [2.24, 2.45) is 11.8 Å². The number of aryl methyl sites for hydroxylation is 1. The number of aromatic nitrogens is 1. The van der Waals surface area contributed by atoms with Gasteiger partial charge in [-0.05, 0) is 31.6 Å². The van der Waals surface area contributed by atoms with E-state index in [9.17, 15) is 0 Å². The van der Waals surface area contributed by atoms with Crippen LogP contribution in [0.1, 0.15) is 30.6 Å². The van der Waals surface area contributed by atoms with Crippen LogP contribution in [-0.2, 0) is 17.6 Å². The van der Waals surface area contributed by atoms with Gasteiger partial charge in [0.15, 0.2) is 0 Å². The molecule has 4 heteroatoms. The Morgan fingerprint density at radius 1 is 1.22 bits per heavy atom. The van der Waals surface area contributed by atoms with Crippen LogP contribution in [-0.4, -0.2) is 30.5 Å². The summed E-state index contributed by atoms with van der Waals surface area (Å²) in [4.78, 5) is 0. The summed E-state index contributed by atoms with van der Waals surface area (Å²) in [5, 5.41) is 7.70. The number of nitrogens with zero attached hydrogens (tertiary/aromatic N) is 1. The Morgan fingerprint density at radius 2 is 2.17 bits per heavy atom. The molecule has 2 fully saturated rings. The molecular formula is C14H20N2O2. The van der Waals surface area contributed by atoms with Crippen LogP contribution in [0.5, 0.6) is 0 Å². The predicted octanol–water partition coefficient (Wildman–Crippen LogP) is 1.55. The van der Waals surface area contributed by atoms with Crippen molar-refractivity contribution in [1.29, 1.82) is 0 Å². The van der Waals surface area contributed by atoms with Gasteiger partial charge in [-0.3, -0.25) is 0 Å². The van der Waals surface area contributed by atoms with Crippen molar-refractivity contribution in [3.8, 4) is 0 Å². The fourth-order valence-corrected chi connectivity index (χ4v) is 3.49. The van der Waals surface area contributed by atoms with Crippen LogP contribution in [0, 0.1) is 11.8 Å². The average molecular weight is 248 g/mol. The highest BCUT2D eigenvalue weighted by molar-refractivity contribution is 5.18. The molecule has 4 rings (SSSR count). The second kappa shape index (κ2) is 4.35. The Balaban J connectivity index is 1.40. The van der Waals surface area contributed by atoms with Crippen LogP contribution in [0.25, 0.3) is 0 Å². The van der Waals surface area contributed by atoms with E-state index in [1.807, 2.05) is 6.20 Å². The summed E-state index contributed by atoms with van der Waals surface area (Å²) < 4.78 is 11.0. The first kappa shape index (κ1) is 11.0. The average Bonchev–Trinajstić information content (AvgIpc) is 2.95. The molecule has 3 aliphatic rings. The zero-order chi connectivity index (χ0) is 11.9. The third-order valence-electron chi connectivity index (χ3n) is 4.73. The van der Waals surface area contributed by atoms with E-state index in [-0.39, 0.29) is 0 Å². The van der Waals surface area contributed by atoms with E-state index in [0.717, 1.165) is 43.7 Å². The van der Waals surface area contributed by atoms with Gasteiger partial charge in [-0.2, -0.15) is 0 Å². The van der Waals surface area contributed by atoms with Crippen molar-refractivity contribution in [3.63, 3.8) is 0 Å². The van der Waals surface area contributed by atoms with Gasteiger partial charge in [0.05, 0.1) is 19.4 Å². The minimum Gasteiger partial charge on any atom is -0.379 e. The van der Waals surface area contributed by atoms with E-state index in [2.05, 4.69) is 10.5 Å². The van der Waals surface area contributed by atoms with Crippen molar-refractivity contribution < 1.29 is 9.26 Å². The lowest BCUT2D eigenvalue weighted by atomic mass is 9.91. The van der Waals surface area contributed by atoms with Crippen molar-refractivity contribution in [2.45, 2.75) is 44.2 Å². The predicted molar refractivity (Wildman–Crippen MR) is 66.3 cm³/mol. The molecule has 1 aromatic rings. The third-order valence-corrected chi connectivity index (χ3v) is 4.73. The fraction of sp³-hybridized carbons (Fsp3) is 0.786. The monoisotopic (exact) mass is 248 g/mol. The van der Waals surface area contributed by atoms with E-state index < -0.39 is 0 Å². The van der Waals surface area contributed by atoms with Gasteiger partial charge in [-0.15, -0.1) is 0 Å². The lowest BCUT2D eigenvalue weighted by Crippen LogP contribution is -2.45. The Hall–Kier alpha value is -0.870. The van der Waals surface area contributed by atoms with Crippen molar-refractivity contribution in [1.82, 2.24) is 10.5 Å². The molecule has 1 aromatic heterocycles. The largest absolute Gasteiger partial charge is 0.379 e. The van der Waals surface area contributed by atoms with E-state index in [1.54, 1.807) is 0 Å². The lowest BCUT2D eigenvalue weighted by molar-refractivity contribution is 0.178. The molecule has 1 N–H and O–H groups in total. The smallest absolute Gasteiger partial charge is 0.141 e. The van der Waals surface area contributed by atoms with E-state index in [0.29, 0.717) is 12.1 Å². The zero-order valence-corrected chi connectivity index (χ0v) is 10.6. The molecule has 3 unspecified atom stereocenters. The summed E-state index contributed by atoms with van der Waals surface area (Å²) in [6.07, 6.45) is 7.97. The number of fused-ring (bicyclic) bond motifs is 1. The van der Waals surface area contributed by atoms with Gasteiger partial charge in [0.25, 0.3) is 0 Å². The standard InChI is InChI=1S/C14H20N2O2/c1-2-9(1)12-7-17-8-13(12)16-11-4-3-10-6-15-18-14(10)5-11/h6,9,11-13,16H,1-5,7-8H2. The van der Waals surface area contributed by atoms with E-state index in [1.165, 1.54) is 24.8 Å². The molecule has 3 atom stereocenters. The first-order valence-electron chi connectivity index (χ1n) is 7.16. The lowest BCUT2D eigenvalue weighted by Gasteiger charge is -2.27. The summed E-state index contributed by atoms with van der Waals surface area (Å²) in [5.41, 5.74) is 1.30. The molecule has 1 aliphatic heterocycles. The highest BCUT2D eigenvalue weighted by atomic mass is 16.5. The molecule has 98 valence electrons. The van der Waals surface area contributed by atoms with Crippen LogP contribution in [0.2, 0.25) is 0 Å². The number of nitrogens with one attached hydrogen (secondary N) is 1. The fourth-order valence-electron chi connectivity index (χ4n) is 3.49. The molecule has 2 aliphatic carbocycles. The van der Waals surface area contributed by atoms with Crippen LogP contribution < -0.4 is 5.32 Å². The molecule has 1 saturated heterocycles. The molecular weight excluding hydrogens is 228 g/mol. The van der Waals surface area contributed by atoms with Gasteiger partial charge < -0.3 is 14.6 Å². The van der Waals surface area contributed by atoms with Crippen LogP contribution >= 0.6 is 0 Å². The molecule has 0 radical (unpaired) electrons. The molecule has 1 saturated carbocycles. The summed E-state index contributed by atoms with van der Waals surface area (Å²) >= 11 is 0. The van der Waals surface area contributed by atoms with Gasteiger partial charge in [0.2, 0.25) is 0 Å². The van der Waals surface area contributed by atoms with Crippen molar-refractivity contribution in [3.05, 3.63) is 17.5 Å². The van der Waals surface area contributed by atoms with Gasteiger partial charge in [-0.25, -0.2) is 0 Å². The molecule has 0 bridgehead atoms. The SMILES string of the molecule is c1noc2c1CCC(NC1COCC1C1CC1)C2. The Kier molecular flexibility index (Phi) is 2.66. The normalized spacial score (nSPS) is 35.7. The Bertz CT molecular complexity index is 427. The molecule has 0 spiro atoms. The third kappa shape index (κ3) is 1.97. The second-order valence-corrected chi connectivity index (χ2v) is 6.03. The molecule has 2 heterocycles. The quantitative estimate of drug-likeness (QED) is 0.881. The van der Waals surface area contributed by atoms with Crippen molar-refractivity contribution in [2.75, 3.05) is 13.2 Å². The molecule has 0 aromatic carbocycles. The maximum atomic E-state index is 5.67. The minimum absolute atomic E-state index is 0.540. The Labute approximate surface area is 107 Å². The van der Waals surface area contributed by atoms with Crippen molar-refractivity contribution >= 4 is 0 Å². The zero-order valence-electron chi connectivity index (χ0n) is 10.6. The van der Waals surface area contributed by atoms with Crippen LogP contribution in [0.15, 0.2) is 10.7 Å². The maximum Gasteiger partial charge on any atom is 0.141 e. The highest BCUT2D eigenvalue weighted by Crippen LogP contribution is 2.41. The number of ether oxygens (including phenoxy) is 1. The molecule has 18 heavy (non-hydrogen) atoms. The number of hydrogen-bond donors (Lipinski definition) is 1. The van der Waals surface area contributed by atoms with Gasteiger partial charge in [0.1, 0.15) is 5.76 Å². The Morgan fingerprint density at radius 3 is 3.06 bits per heavy atom. The van der Waals surface area contributed by atoms with Crippen LogP contribution in [0.3, 0.4) is 0 Å². The minimum atomic E-state index is 0.540. The topological polar surface area (TPSA) is 47.3 Å². The summed E-state index contributed by atoms with van der Waals surface area (Å²) in [5.74, 6) is 2.76. The maximum absolute atomic E-state index is 5.67. The summed E-state index contributed by atoms with van der Waals surface area (Å²) in [6, 6.07) is 1.10. The van der Waals surface area contributed by atoms with E-state index >= 15 is 0 Å². The molecule has 0 amide bonds. The summed E-state index contributed by atoms with van der Waals surface area (Å²) in [6.45, 7) is 1.85. The summed E-state index contributed by atoms with van der Waals surface area (Å²) in [7, 11) is 0. The van der Waals surface area contributed by atoms with E-state index in [4.69, 9.17) is 9.26 Å². The second-order valence-electron chi connectivity index (χ2n) is 6.03. The first-order chi connectivity index (χ1) is 8.90. The number of hydrogen-bond acceptors (Lipinski definition) is 4. The van der Waals surface area contributed by atoms with Gasteiger partial charge in [-0.1, -0.05) is 5.16 Å². The molecule has 4 nitrogen and oxygen atoms in total. The highest BCUT2D eigenvalue weighted by Gasteiger charge is 2.41.